The summed E-state index contributed by atoms with van der Waals surface area (Å²) in [6.45, 7) is 7.92. The van der Waals surface area contributed by atoms with Crippen LogP contribution in [0.1, 0.15) is 44.5 Å². The zero-order valence-corrected chi connectivity index (χ0v) is 12.2. The summed E-state index contributed by atoms with van der Waals surface area (Å²) in [5.41, 5.74) is 0.593. The Bertz CT molecular complexity index is 352. The van der Waals surface area contributed by atoms with Crippen molar-refractivity contribution >= 4 is 22.9 Å². The Morgan fingerprint density at radius 1 is 1.24 bits per heavy atom. The van der Waals surface area contributed by atoms with Gasteiger partial charge in [-0.05, 0) is 42.9 Å². The van der Waals surface area contributed by atoms with Crippen molar-refractivity contribution in [3.05, 3.63) is 9.47 Å². The summed E-state index contributed by atoms with van der Waals surface area (Å²) >= 11 is 7.29. The zero-order chi connectivity index (χ0) is 12.3. The van der Waals surface area contributed by atoms with E-state index in [1.165, 1.54) is 50.1 Å². The van der Waals surface area contributed by atoms with E-state index in [2.05, 4.69) is 28.9 Å². The second-order valence-corrected chi connectivity index (χ2v) is 6.58. The first-order valence-corrected chi connectivity index (χ1v) is 7.57. The molecule has 0 aliphatic carbocycles. The molecule has 0 amide bonds. The molecular weight excluding hydrogens is 254 g/mol. The highest BCUT2D eigenvalue weighted by Gasteiger charge is 2.31. The fourth-order valence-electron chi connectivity index (χ4n) is 2.63. The molecule has 1 aliphatic rings. The highest BCUT2D eigenvalue weighted by Crippen LogP contribution is 2.38. The Morgan fingerprint density at radius 2 is 1.88 bits per heavy atom. The average Bonchev–Trinajstić information content (AvgIpc) is 2.76. The molecule has 1 aromatic heterocycles. The van der Waals surface area contributed by atoms with Gasteiger partial charge in [0.25, 0.3) is 0 Å². The number of rotatable bonds is 4. The van der Waals surface area contributed by atoms with E-state index in [9.17, 15) is 0 Å². The van der Waals surface area contributed by atoms with Crippen molar-refractivity contribution in [2.24, 2.45) is 5.41 Å². The number of nitrogens with zero attached hydrogens (tertiary/aromatic N) is 3. The minimum Gasteiger partial charge on any atom is -0.297 e. The molecule has 0 aromatic carbocycles. The van der Waals surface area contributed by atoms with Crippen LogP contribution in [0.4, 0.5) is 0 Å². The second kappa shape index (κ2) is 5.63. The third kappa shape index (κ3) is 3.18. The number of hydrogen-bond donors (Lipinski definition) is 0. The van der Waals surface area contributed by atoms with Crippen molar-refractivity contribution in [2.45, 2.75) is 46.1 Å². The van der Waals surface area contributed by atoms with Crippen LogP contribution in [0.2, 0.25) is 4.47 Å². The number of hydrogen-bond acceptors (Lipinski definition) is 4. The SMILES string of the molecule is CCC1(CC)CCN(Cc2nnc(Cl)s2)CC1. The predicted molar refractivity (Wildman–Crippen MR) is 72.4 cm³/mol. The van der Waals surface area contributed by atoms with E-state index >= 15 is 0 Å². The Morgan fingerprint density at radius 3 is 2.35 bits per heavy atom. The molecule has 0 unspecified atom stereocenters. The first kappa shape index (κ1) is 13.2. The topological polar surface area (TPSA) is 29.0 Å². The summed E-state index contributed by atoms with van der Waals surface area (Å²) in [6, 6.07) is 0. The van der Waals surface area contributed by atoms with Crippen molar-refractivity contribution in [3.63, 3.8) is 0 Å². The predicted octanol–water partition coefficient (Wildman–Crippen LogP) is 3.59. The molecule has 0 bridgehead atoms. The third-order valence-electron chi connectivity index (χ3n) is 4.22. The molecule has 0 N–H and O–H groups in total. The van der Waals surface area contributed by atoms with Crippen molar-refractivity contribution in [1.82, 2.24) is 15.1 Å². The summed E-state index contributed by atoms with van der Waals surface area (Å²) < 4.78 is 0.550. The number of aromatic nitrogens is 2. The van der Waals surface area contributed by atoms with E-state index in [0.29, 0.717) is 9.88 Å². The fraction of sp³-hybridized carbons (Fsp3) is 0.833. The van der Waals surface area contributed by atoms with E-state index < -0.39 is 0 Å². The maximum Gasteiger partial charge on any atom is 0.207 e. The first-order chi connectivity index (χ1) is 8.17. The lowest BCUT2D eigenvalue weighted by Crippen LogP contribution is -2.39. The highest BCUT2D eigenvalue weighted by molar-refractivity contribution is 7.15. The van der Waals surface area contributed by atoms with Gasteiger partial charge >= 0.3 is 0 Å². The molecule has 5 heteroatoms. The van der Waals surface area contributed by atoms with Gasteiger partial charge in [-0.1, -0.05) is 38.0 Å². The van der Waals surface area contributed by atoms with Crippen LogP contribution in [0.15, 0.2) is 0 Å². The van der Waals surface area contributed by atoms with Gasteiger partial charge in [0.1, 0.15) is 5.01 Å². The molecule has 96 valence electrons. The van der Waals surface area contributed by atoms with Crippen LogP contribution in [0.5, 0.6) is 0 Å². The summed E-state index contributed by atoms with van der Waals surface area (Å²) in [6.07, 6.45) is 5.24. The molecular formula is C12H20ClN3S. The molecule has 3 nitrogen and oxygen atoms in total. The maximum atomic E-state index is 5.79. The van der Waals surface area contributed by atoms with Gasteiger partial charge in [-0.15, -0.1) is 10.2 Å². The number of piperidine rings is 1. The van der Waals surface area contributed by atoms with E-state index in [1.54, 1.807) is 0 Å². The quantitative estimate of drug-likeness (QED) is 0.839. The van der Waals surface area contributed by atoms with Gasteiger partial charge in [0.05, 0.1) is 6.54 Å². The second-order valence-electron chi connectivity index (χ2n) is 4.93. The van der Waals surface area contributed by atoms with Gasteiger partial charge in [0, 0.05) is 0 Å². The Hall–Kier alpha value is -0.190. The smallest absolute Gasteiger partial charge is 0.207 e. The highest BCUT2D eigenvalue weighted by atomic mass is 35.5. The lowest BCUT2D eigenvalue weighted by molar-refractivity contribution is 0.0907. The molecule has 0 radical (unpaired) electrons. The summed E-state index contributed by atoms with van der Waals surface area (Å²) in [4.78, 5) is 2.47. The van der Waals surface area contributed by atoms with Crippen LogP contribution in [-0.4, -0.2) is 28.2 Å². The molecule has 1 aliphatic heterocycles. The van der Waals surface area contributed by atoms with Crippen molar-refractivity contribution in [1.29, 1.82) is 0 Å². The molecule has 17 heavy (non-hydrogen) atoms. The number of likely N-dealkylation sites (tertiary alicyclic amines) is 1. The lowest BCUT2D eigenvalue weighted by atomic mass is 9.74. The van der Waals surface area contributed by atoms with E-state index in [1.807, 2.05) is 0 Å². The maximum absolute atomic E-state index is 5.79. The largest absolute Gasteiger partial charge is 0.297 e. The van der Waals surface area contributed by atoms with Gasteiger partial charge < -0.3 is 0 Å². The van der Waals surface area contributed by atoms with Crippen LogP contribution < -0.4 is 0 Å². The molecule has 1 aromatic rings. The van der Waals surface area contributed by atoms with Crippen LogP contribution in [-0.2, 0) is 6.54 Å². The van der Waals surface area contributed by atoms with Gasteiger partial charge in [0.15, 0.2) is 0 Å². The van der Waals surface area contributed by atoms with E-state index in [-0.39, 0.29) is 0 Å². The van der Waals surface area contributed by atoms with E-state index in [4.69, 9.17) is 11.6 Å². The Labute approximate surface area is 112 Å². The standard InChI is InChI=1S/C12H20ClN3S/c1-3-12(4-2)5-7-16(8-6-12)9-10-14-15-11(13)17-10/h3-9H2,1-2H3. The zero-order valence-electron chi connectivity index (χ0n) is 10.6. The van der Waals surface area contributed by atoms with Gasteiger partial charge in [0.2, 0.25) is 4.47 Å². The van der Waals surface area contributed by atoms with Crippen LogP contribution in [0, 0.1) is 5.41 Å². The molecule has 2 rings (SSSR count). The average molecular weight is 274 g/mol. The molecule has 0 spiro atoms. The van der Waals surface area contributed by atoms with Gasteiger partial charge in [-0.2, -0.15) is 0 Å². The summed E-state index contributed by atoms with van der Waals surface area (Å²) in [5.74, 6) is 0. The summed E-state index contributed by atoms with van der Waals surface area (Å²) in [5, 5.41) is 8.97. The number of halogens is 1. The first-order valence-electron chi connectivity index (χ1n) is 6.38. The lowest BCUT2D eigenvalue weighted by Gasteiger charge is -2.40. The summed E-state index contributed by atoms with van der Waals surface area (Å²) in [7, 11) is 0. The Kier molecular flexibility index (Phi) is 4.39. The molecule has 2 heterocycles. The fourth-order valence-corrected chi connectivity index (χ4v) is 3.54. The van der Waals surface area contributed by atoms with E-state index in [0.717, 1.165) is 11.6 Å². The molecule has 0 saturated carbocycles. The minimum atomic E-state index is 0.550. The molecule has 0 atom stereocenters. The van der Waals surface area contributed by atoms with Crippen molar-refractivity contribution in [2.75, 3.05) is 13.1 Å². The minimum absolute atomic E-state index is 0.550. The third-order valence-corrected chi connectivity index (χ3v) is 5.22. The van der Waals surface area contributed by atoms with Crippen LogP contribution in [0.25, 0.3) is 0 Å². The Balaban J connectivity index is 1.87. The van der Waals surface area contributed by atoms with Crippen LogP contribution in [0.3, 0.4) is 0 Å². The van der Waals surface area contributed by atoms with Crippen LogP contribution >= 0.6 is 22.9 Å². The van der Waals surface area contributed by atoms with Gasteiger partial charge in [-0.25, -0.2) is 0 Å². The molecule has 1 saturated heterocycles. The normalized spacial score (nSPS) is 20.6. The van der Waals surface area contributed by atoms with Gasteiger partial charge in [-0.3, -0.25) is 4.90 Å². The van der Waals surface area contributed by atoms with Crippen molar-refractivity contribution in [3.8, 4) is 0 Å². The van der Waals surface area contributed by atoms with Crippen molar-refractivity contribution < 1.29 is 0 Å². The molecule has 1 fully saturated rings. The monoisotopic (exact) mass is 273 g/mol.